The van der Waals surface area contributed by atoms with Gasteiger partial charge in [-0.2, -0.15) is 0 Å². The standard InChI is InChI=1S/C36H34N4O4/c1-2-44-36(43)28-15-18-30-31(23-28)38-34(41)32(30)33(26-9-5-3-6-10-26)37-29-16-13-25(14-17-29)24-39-19-21-40(22-20-39)35(42)27-11-7-4-8-12-27/h3-18,23,37H,2,19-22,24H2,1H3,(H,38,41)/b33-32-. The Balaban J connectivity index is 1.17. The molecule has 0 atom stereocenters. The molecule has 0 saturated carbocycles. The molecule has 44 heavy (non-hydrogen) atoms. The molecule has 8 heteroatoms. The van der Waals surface area contributed by atoms with Crippen molar-refractivity contribution in [2.24, 2.45) is 0 Å². The highest BCUT2D eigenvalue weighted by atomic mass is 16.5. The Kier molecular flexibility index (Phi) is 8.52. The van der Waals surface area contributed by atoms with E-state index in [4.69, 9.17) is 4.74 Å². The van der Waals surface area contributed by atoms with E-state index in [0.717, 1.165) is 42.0 Å². The first-order chi connectivity index (χ1) is 21.5. The molecule has 4 aromatic rings. The molecule has 0 bridgehead atoms. The minimum absolute atomic E-state index is 0.0852. The van der Waals surface area contributed by atoms with Gasteiger partial charge in [-0.25, -0.2) is 4.79 Å². The van der Waals surface area contributed by atoms with E-state index >= 15 is 0 Å². The van der Waals surface area contributed by atoms with Crippen molar-refractivity contribution in [1.82, 2.24) is 9.80 Å². The van der Waals surface area contributed by atoms with E-state index in [1.165, 1.54) is 5.56 Å². The van der Waals surface area contributed by atoms with Crippen LogP contribution >= 0.6 is 0 Å². The zero-order chi connectivity index (χ0) is 30.5. The van der Waals surface area contributed by atoms with Crippen molar-refractivity contribution in [2.75, 3.05) is 43.4 Å². The number of nitrogens with one attached hydrogen (secondary N) is 2. The number of rotatable bonds is 8. The summed E-state index contributed by atoms with van der Waals surface area (Å²) in [6.07, 6.45) is 0. The Labute approximate surface area is 256 Å². The lowest BCUT2D eigenvalue weighted by atomic mass is 9.99. The molecule has 0 spiro atoms. The van der Waals surface area contributed by atoms with Crippen LogP contribution < -0.4 is 10.6 Å². The van der Waals surface area contributed by atoms with Gasteiger partial charge >= 0.3 is 5.97 Å². The molecular formula is C36H34N4O4. The SMILES string of the molecule is CCOC(=O)c1ccc2c(c1)NC(=O)/C2=C(\Nc1ccc(CN2CCN(C(=O)c3ccccc3)CC2)cc1)c1ccccc1. The first-order valence-corrected chi connectivity index (χ1v) is 14.9. The highest BCUT2D eigenvalue weighted by Crippen LogP contribution is 2.38. The Hall–Kier alpha value is -5.21. The van der Waals surface area contributed by atoms with Crippen LogP contribution in [0.15, 0.2) is 103 Å². The largest absolute Gasteiger partial charge is 0.462 e. The van der Waals surface area contributed by atoms with Crippen molar-refractivity contribution in [3.05, 3.63) is 131 Å². The number of hydrogen-bond acceptors (Lipinski definition) is 6. The first-order valence-electron chi connectivity index (χ1n) is 14.9. The zero-order valence-electron chi connectivity index (χ0n) is 24.6. The van der Waals surface area contributed by atoms with Gasteiger partial charge in [0.05, 0.1) is 29.1 Å². The summed E-state index contributed by atoms with van der Waals surface area (Å²) in [4.78, 5) is 42.7. The van der Waals surface area contributed by atoms with Gasteiger partial charge in [-0.15, -0.1) is 0 Å². The van der Waals surface area contributed by atoms with Gasteiger partial charge in [-0.3, -0.25) is 14.5 Å². The van der Waals surface area contributed by atoms with Crippen LogP contribution in [0, 0.1) is 0 Å². The van der Waals surface area contributed by atoms with Crippen LogP contribution in [-0.2, 0) is 16.1 Å². The summed E-state index contributed by atoms with van der Waals surface area (Å²) in [7, 11) is 0. The normalized spacial score (nSPS) is 15.8. The number of ether oxygens (including phenoxy) is 1. The third-order valence-corrected chi connectivity index (χ3v) is 7.90. The molecule has 2 aliphatic rings. The number of nitrogens with zero attached hydrogens (tertiary/aromatic N) is 2. The Morgan fingerprint density at radius 1 is 0.795 bits per heavy atom. The first kappa shape index (κ1) is 28.9. The minimum Gasteiger partial charge on any atom is -0.462 e. The van der Waals surface area contributed by atoms with Gasteiger partial charge in [0.1, 0.15) is 0 Å². The number of piperazine rings is 1. The molecule has 0 aliphatic carbocycles. The summed E-state index contributed by atoms with van der Waals surface area (Å²) >= 11 is 0. The van der Waals surface area contributed by atoms with Crippen LogP contribution in [-0.4, -0.2) is 60.4 Å². The van der Waals surface area contributed by atoms with Crippen molar-refractivity contribution < 1.29 is 19.1 Å². The molecule has 2 heterocycles. The second kappa shape index (κ2) is 13.0. The maximum absolute atomic E-state index is 13.3. The number of amides is 2. The van der Waals surface area contributed by atoms with Crippen molar-refractivity contribution in [3.8, 4) is 0 Å². The second-order valence-corrected chi connectivity index (χ2v) is 10.8. The molecule has 8 nitrogen and oxygen atoms in total. The smallest absolute Gasteiger partial charge is 0.338 e. The van der Waals surface area contributed by atoms with Gasteiger partial charge in [-0.1, -0.05) is 66.7 Å². The van der Waals surface area contributed by atoms with E-state index in [1.807, 2.05) is 77.7 Å². The fourth-order valence-electron chi connectivity index (χ4n) is 5.61. The molecule has 222 valence electrons. The van der Waals surface area contributed by atoms with Gasteiger partial charge in [0.25, 0.3) is 11.8 Å². The summed E-state index contributed by atoms with van der Waals surface area (Å²) in [6, 6.07) is 32.5. The van der Waals surface area contributed by atoms with E-state index in [2.05, 4.69) is 27.7 Å². The van der Waals surface area contributed by atoms with E-state index in [1.54, 1.807) is 25.1 Å². The van der Waals surface area contributed by atoms with Crippen molar-refractivity contribution in [1.29, 1.82) is 0 Å². The molecule has 1 saturated heterocycles. The van der Waals surface area contributed by atoms with Gasteiger partial charge in [0.2, 0.25) is 0 Å². The summed E-state index contributed by atoms with van der Waals surface area (Å²) in [6.45, 7) is 5.86. The highest BCUT2D eigenvalue weighted by molar-refractivity contribution is 6.37. The number of carbonyl (C=O) groups excluding carboxylic acids is 3. The Morgan fingerprint density at radius 2 is 1.45 bits per heavy atom. The van der Waals surface area contributed by atoms with Crippen molar-refractivity contribution in [2.45, 2.75) is 13.5 Å². The predicted octanol–water partition coefficient (Wildman–Crippen LogP) is 5.75. The average molecular weight is 587 g/mol. The van der Waals surface area contributed by atoms with Gasteiger partial charge in [0.15, 0.2) is 0 Å². The molecule has 0 unspecified atom stereocenters. The summed E-state index contributed by atoms with van der Waals surface area (Å²) in [5.74, 6) is -0.582. The fraction of sp³-hybridized carbons (Fsp3) is 0.194. The maximum atomic E-state index is 13.3. The van der Waals surface area contributed by atoms with E-state index in [9.17, 15) is 14.4 Å². The maximum Gasteiger partial charge on any atom is 0.338 e. The lowest BCUT2D eigenvalue weighted by molar-refractivity contribution is -0.110. The summed E-state index contributed by atoms with van der Waals surface area (Å²) in [5.41, 5.74) is 6.49. The molecule has 4 aromatic carbocycles. The highest BCUT2D eigenvalue weighted by Gasteiger charge is 2.29. The molecule has 2 N–H and O–H groups in total. The number of hydrogen-bond donors (Lipinski definition) is 2. The molecular weight excluding hydrogens is 552 g/mol. The van der Waals surface area contributed by atoms with E-state index < -0.39 is 5.97 Å². The quantitative estimate of drug-likeness (QED) is 0.202. The second-order valence-electron chi connectivity index (χ2n) is 10.8. The van der Waals surface area contributed by atoms with Crippen LogP contribution in [0.4, 0.5) is 11.4 Å². The van der Waals surface area contributed by atoms with Crippen LogP contribution in [0.2, 0.25) is 0 Å². The van der Waals surface area contributed by atoms with Crippen molar-refractivity contribution >= 4 is 40.4 Å². The minimum atomic E-state index is -0.425. The average Bonchev–Trinajstić information content (AvgIpc) is 3.40. The van der Waals surface area contributed by atoms with E-state index in [0.29, 0.717) is 35.6 Å². The monoisotopic (exact) mass is 586 g/mol. The van der Waals surface area contributed by atoms with Crippen LogP contribution in [0.5, 0.6) is 0 Å². The summed E-state index contributed by atoms with van der Waals surface area (Å²) < 4.78 is 5.13. The third kappa shape index (κ3) is 6.26. The van der Waals surface area contributed by atoms with E-state index in [-0.39, 0.29) is 18.4 Å². The Morgan fingerprint density at radius 3 is 2.11 bits per heavy atom. The number of benzene rings is 4. The predicted molar refractivity (Wildman–Crippen MR) is 172 cm³/mol. The molecule has 0 aromatic heterocycles. The van der Waals surface area contributed by atoms with Crippen LogP contribution in [0.25, 0.3) is 11.3 Å². The molecule has 6 rings (SSSR count). The lowest BCUT2D eigenvalue weighted by Crippen LogP contribution is -2.48. The lowest BCUT2D eigenvalue weighted by Gasteiger charge is -2.34. The number of carbonyl (C=O) groups is 3. The topological polar surface area (TPSA) is 91.0 Å². The van der Waals surface area contributed by atoms with Crippen LogP contribution in [0.3, 0.4) is 0 Å². The number of anilines is 2. The Bertz CT molecular complexity index is 1690. The zero-order valence-corrected chi connectivity index (χ0v) is 24.6. The number of esters is 1. The number of fused-ring (bicyclic) bond motifs is 1. The third-order valence-electron chi connectivity index (χ3n) is 7.90. The molecule has 1 fully saturated rings. The molecule has 0 radical (unpaired) electrons. The molecule has 2 amide bonds. The summed E-state index contributed by atoms with van der Waals surface area (Å²) in [5, 5.41) is 6.42. The van der Waals surface area contributed by atoms with Crippen LogP contribution in [0.1, 0.15) is 44.3 Å². The van der Waals surface area contributed by atoms with Crippen molar-refractivity contribution in [3.63, 3.8) is 0 Å². The van der Waals surface area contributed by atoms with Gasteiger partial charge in [-0.05, 0) is 54.4 Å². The van der Waals surface area contributed by atoms with Gasteiger partial charge < -0.3 is 20.3 Å². The fourth-order valence-corrected chi connectivity index (χ4v) is 5.61. The molecule has 2 aliphatic heterocycles. The van der Waals surface area contributed by atoms with Gasteiger partial charge in [0, 0.05) is 49.5 Å².